The molecule has 5 nitrogen and oxygen atoms in total. The molecule has 1 N–H and O–H groups in total. The lowest BCUT2D eigenvalue weighted by atomic mass is 10.1. The van der Waals surface area contributed by atoms with Crippen molar-refractivity contribution in [2.24, 2.45) is 0 Å². The van der Waals surface area contributed by atoms with E-state index in [9.17, 15) is 4.79 Å². The van der Waals surface area contributed by atoms with E-state index < -0.39 is 0 Å². The van der Waals surface area contributed by atoms with Gasteiger partial charge in [-0.1, -0.05) is 48.2 Å². The Balaban J connectivity index is 1.52. The van der Waals surface area contributed by atoms with Gasteiger partial charge in [0.15, 0.2) is 11.0 Å². The Kier molecular flexibility index (Phi) is 5.69. The van der Waals surface area contributed by atoms with Crippen molar-refractivity contribution in [3.05, 3.63) is 59.0 Å². The van der Waals surface area contributed by atoms with Gasteiger partial charge in [0, 0.05) is 33.3 Å². The van der Waals surface area contributed by atoms with Crippen molar-refractivity contribution in [2.45, 2.75) is 32.5 Å². The second-order valence-electron chi connectivity index (χ2n) is 6.80. The highest BCUT2D eigenvalue weighted by atomic mass is 32.2. The van der Waals surface area contributed by atoms with Crippen molar-refractivity contribution in [2.75, 3.05) is 11.1 Å². The van der Waals surface area contributed by atoms with Crippen LogP contribution in [0.15, 0.2) is 53.0 Å². The van der Waals surface area contributed by atoms with Gasteiger partial charge < -0.3 is 9.88 Å². The van der Waals surface area contributed by atoms with Crippen LogP contribution < -0.4 is 5.32 Å². The summed E-state index contributed by atoms with van der Waals surface area (Å²) in [6, 6.07) is 14.3. The standard InChI is InChI=1S/C22H22N4OS2/c1-4-26-21(17-12-28-18-11-6-5-10-16(17)18)24-25-22(26)29-13-19(27)23-20-14(2)8-7-9-15(20)3/h5-12H,4,13H2,1-3H3,(H,23,27). The topological polar surface area (TPSA) is 59.8 Å². The summed E-state index contributed by atoms with van der Waals surface area (Å²) >= 11 is 3.12. The Morgan fingerprint density at radius 3 is 2.62 bits per heavy atom. The Hall–Kier alpha value is -2.64. The molecule has 0 fully saturated rings. The van der Waals surface area contributed by atoms with Gasteiger partial charge in [0.25, 0.3) is 0 Å². The number of benzene rings is 2. The van der Waals surface area contributed by atoms with Crippen molar-refractivity contribution in [1.29, 1.82) is 0 Å². The fourth-order valence-corrected chi connectivity index (χ4v) is 5.09. The predicted octanol–water partition coefficient (Wildman–Crippen LogP) is 5.53. The van der Waals surface area contributed by atoms with Crippen molar-refractivity contribution < 1.29 is 4.79 Å². The monoisotopic (exact) mass is 422 g/mol. The maximum Gasteiger partial charge on any atom is 0.234 e. The Labute approximate surface area is 178 Å². The molecule has 0 aliphatic carbocycles. The van der Waals surface area contributed by atoms with Crippen LogP contribution in [-0.2, 0) is 11.3 Å². The van der Waals surface area contributed by atoms with E-state index in [-0.39, 0.29) is 11.7 Å². The minimum atomic E-state index is -0.0411. The smallest absolute Gasteiger partial charge is 0.234 e. The lowest BCUT2D eigenvalue weighted by Crippen LogP contribution is -2.16. The first kappa shape index (κ1) is 19.7. The molecular formula is C22H22N4OS2. The number of anilines is 1. The first-order valence-corrected chi connectivity index (χ1v) is 11.3. The van der Waals surface area contributed by atoms with E-state index in [4.69, 9.17) is 0 Å². The van der Waals surface area contributed by atoms with Crippen LogP contribution in [-0.4, -0.2) is 26.4 Å². The first-order valence-electron chi connectivity index (χ1n) is 9.47. The molecule has 0 saturated carbocycles. The predicted molar refractivity (Wildman–Crippen MR) is 122 cm³/mol. The van der Waals surface area contributed by atoms with Crippen molar-refractivity contribution >= 4 is 44.8 Å². The number of aryl methyl sites for hydroxylation is 2. The van der Waals surface area contributed by atoms with Gasteiger partial charge >= 0.3 is 0 Å². The maximum atomic E-state index is 12.5. The lowest BCUT2D eigenvalue weighted by Gasteiger charge is -2.11. The highest BCUT2D eigenvalue weighted by Crippen LogP contribution is 2.34. The number of aromatic nitrogens is 3. The highest BCUT2D eigenvalue weighted by molar-refractivity contribution is 7.99. The molecule has 2 heterocycles. The minimum Gasteiger partial charge on any atom is -0.325 e. The van der Waals surface area contributed by atoms with E-state index in [1.54, 1.807) is 11.3 Å². The van der Waals surface area contributed by atoms with Crippen LogP contribution in [0.5, 0.6) is 0 Å². The molecular weight excluding hydrogens is 400 g/mol. The molecule has 148 valence electrons. The van der Waals surface area contributed by atoms with Gasteiger partial charge in [-0.15, -0.1) is 21.5 Å². The number of nitrogens with one attached hydrogen (secondary N) is 1. The highest BCUT2D eigenvalue weighted by Gasteiger charge is 2.17. The van der Waals surface area contributed by atoms with E-state index in [2.05, 4.69) is 44.5 Å². The van der Waals surface area contributed by atoms with Crippen LogP contribution >= 0.6 is 23.1 Å². The summed E-state index contributed by atoms with van der Waals surface area (Å²) in [4.78, 5) is 12.5. The summed E-state index contributed by atoms with van der Waals surface area (Å²) in [5, 5.41) is 15.9. The SMILES string of the molecule is CCn1c(SCC(=O)Nc2c(C)cccc2C)nnc1-c1csc2ccccc12. The molecule has 0 spiro atoms. The molecule has 0 atom stereocenters. The number of amides is 1. The average molecular weight is 423 g/mol. The first-order chi connectivity index (χ1) is 14.1. The normalized spacial score (nSPS) is 11.1. The molecule has 0 aliphatic rings. The van der Waals surface area contributed by atoms with Crippen molar-refractivity contribution in [1.82, 2.24) is 14.8 Å². The van der Waals surface area contributed by atoms with Gasteiger partial charge in [0.05, 0.1) is 5.75 Å². The van der Waals surface area contributed by atoms with E-state index in [0.29, 0.717) is 0 Å². The number of carbonyl (C=O) groups is 1. The fourth-order valence-electron chi connectivity index (χ4n) is 3.35. The summed E-state index contributed by atoms with van der Waals surface area (Å²) in [5.74, 6) is 1.10. The Morgan fingerprint density at radius 1 is 1.10 bits per heavy atom. The molecule has 29 heavy (non-hydrogen) atoms. The molecule has 2 aromatic heterocycles. The van der Waals surface area contributed by atoms with Gasteiger partial charge in [-0.2, -0.15) is 0 Å². The molecule has 0 aliphatic heterocycles. The molecule has 0 radical (unpaired) electrons. The number of fused-ring (bicyclic) bond motifs is 1. The van der Waals surface area contributed by atoms with Crippen LogP contribution in [0.1, 0.15) is 18.1 Å². The zero-order valence-electron chi connectivity index (χ0n) is 16.6. The Bertz CT molecular complexity index is 1160. The van der Waals surface area contributed by atoms with Crippen LogP contribution in [0.4, 0.5) is 5.69 Å². The third-order valence-corrected chi connectivity index (χ3v) is 6.76. The third-order valence-electron chi connectivity index (χ3n) is 4.83. The van der Waals surface area contributed by atoms with E-state index in [1.807, 2.05) is 44.2 Å². The molecule has 1 amide bonds. The van der Waals surface area contributed by atoms with E-state index in [0.717, 1.165) is 39.9 Å². The lowest BCUT2D eigenvalue weighted by molar-refractivity contribution is -0.113. The van der Waals surface area contributed by atoms with Gasteiger partial charge in [-0.05, 0) is 38.0 Å². The fraction of sp³-hybridized carbons (Fsp3) is 0.227. The van der Waals surface area contributed by atoms with Crippen molar-refractivity contribution in [3.8, 4) is 11.4 Å². The van der Waals surface area contributed by atoms with E-state index in [1.165, 1.54) is 21.8 Å². The molecule has 0 unspecified atom stereocenters. The zero-order chi connectivity index (χ0) is 20.4. The van der Waals surface area contributed by atoms with Gasteiger partial charge in [0.2, 0.25) is 5.91 Å². The number of thioether (sulfide) groups is 1. The summed E-state index contributed by atoms with van der Waals surface area (Å²) in [5.41, 5.74) is 4.10. The van der Waals surface area contributed by atoms with Gasteiger partial charge in [-0.25, -0.2) is 0 Å². The number of thiophene rings is 1. The number of rotatable bonds is 6. The van der Waals surface area contributed by atoms with Gasteiger partial charge in [-0.3, -0.25) is 4.79 Å². The number of nitrogens with zero attached hydrogens (tertiary/aromatic N) is 3. The van der Waals surface area contributed by atoms with Crippen LogP contribution in [0.2, 0.25) is 0 Å². The maximum absolute atomic E-state index is 12.5. The molecule has 0 saturated heterocycles. The number of hydrogen-bond acceptors (Lipinski definition) is 5. The van der Waals surface area contributed by atoms with Crippen LogP contribution in [0.3, 0.4) is 0 Å². The summed E-state index contributed by atoms with van der Waals surface area (Å²) in [6.07, 6.45) is 0. The van der Waals surface area contributed by atoms with Crippen LogP contribution in [0.25, 0.3) is 21.5 Å². The third kappa shape index (κ3) is 3.93. The second kappa shape index (κ2) is 8.39. The molecule has 7 heteroatoms. The minimum absolute atomic E-state index is 0.0411. The van der Waals surface area contributed by atoms with Crippen LogP contribution in [0, 0.1) is 13.8 Å². The number of carbonyl (C=O) groups excluding carboxylic acids is 1. The molecule has 0 bridgehead atoms. The summed E-state index contributed by atoms with van der Waals surface area (Å²) in [6.45, 7) is 6.82. The van der Waals surface area contributed by atoms with Crippen molar-refractivity contribution in [3.63, 3.8) is 0 Å². The van der Waals surface area contributed by atoms with Gasteiger partial charge in [0.1, 0.15) is 0 Å². The largest absolute Gasteiger partial charge is 0.325 e. The molecule has 2 aromatic carbocycles. The van der Waals surface area contributed by atoms with E-state index >= 15 is 0 Å². The number of hydrogen-bond donors (Lipinski definition) is 1. The quantitative estimate of drug-likeness (QED) is 0.415. The summed E-state index contributed by atoms with van der Waals surface area (Å²) in [7, 11) is 0. The second-order valence-corrected chi connectivity index (χ2v) is 8.65. The molecule has 4 aromatic rings. The average Bonchev–Trinajstić information content (AvgIpc) is 3.32. The number of para-hydroxylation sites is 1. The Morgan fingerprint density at radius 2 is 1.86 bits per heavy atom. The zero-order valence-corrected chi connectivity index (χ0v) is 18.2. The summed E-state index contributed by atoms with van der Waals surface area (Å²) < 4.78 is 3.31. The molecule has 4 rings (SSSR count).